The SMILES string of the molecule is COc1cc(NC2CCCCC2N)ccc1[N+](=O)[O-]. The van der Waals surface area contributed by atoms with E-state index in [0.29, 0.717) is 0 Å². The number of hydrogen-bond acceptors (Lipinski definition) is 5. The summed E-state index contributed by atoms with van der Waals surface area (Å²) in [7, 11) is 1.43. The minimum Gasteiger partial charge on any atom is -0.490 e. The predicted molar refractivity (Wildman–Crippen MR) is 73.5 cm³/mol. The molecule has 1 aromatic carbocycles. The van der Waals surface area contributed by atoms with Crippen molar-refractivity contribution in [3.05, 3.63) is 28.3 Å². The van der Waals surface area contributed by atoms with Gasteiger partial charge in [0.1, 0.15) is 0 Å². The highest BCUT2D eigenvalue weighted by Gasteiger charge is 2.22. The van der Waals surface area contributed by atoms with Crippen molar-refractivity contribution >= 4 is 11.4 Å². The number of ether oxygens (including phenoxy) is 1. The van der Waals surface area contributed by atoms with E-state index in [0.717, 1.165) is 24.9 Å². The van der Waals surface area contributed by atoms with Crippen LogP contribution in [0.5, 0.6) is 5.75 Å². The molecule has 1 fully saturated rings. The van der Waals surface area contributed by atoms with Crippen LogP contribution >= 0.6 is 0 Å². The largest absolute Gasteiger partial charge is 0.490 e. The number of nitro benzene ring substituents is 1. The molecular formula is C13H19N3O3. The molecule has 0 aromatic heterocycles. The fourth-order valence-corrected chi connectivity index (χ4v) is 2.47. The minimum absolute atomic E-state index is 0.0269. The number of methoxy groups -OCH3 is 1. The maximum absolute atomic E-state index is 10.8. The van der Waals surface area contributed by atoms with E-state index in [9.17, 15) is 10.1 Å². The highest BCUT2D eigenvalue weighted by Crippen LogP contribution is 2.31. The molecule has 2 rings (SSSR count). The molecule has 0 amide bonds. The minimum atomic E-state index is -0.449. The summed E-state index contributed by atoms with van der Waals surface area (Å²) in [6.07, 6.45) is 4.38. The summed E-state index contributed by atoms with van der Waals surface area (Å²) < 4.78 is 5.05. The lowest BCUT2D eigenvalue weighted by Gasteiger charge is -2.30. The zero-order chi connectivity index (χ0) is 13.8. The Morgan fingerprint density at radius 2 is 2.16 bits per heavy atom. The van der Waals surface area contributed by atoms with Gasteiger partial charge in [0.05, 0.1) is 12.0 Å². The van der Waals surface area contributed by atoms with Crippen molar-refractivity contribution in [1.82, 2.24) is 0 Å². The van der Waals surface area contributed by atoms with E-state index >= 15 is 0 Å². The number of nitrogens with two attached hydrogens (primary N) is 1. The number of nitrogens with one attached hydrogen (secondary N) is 1. The Hall–Kier alpha value is -1.82. The first kappa shape index (κ1) is 13.6. The van der Waals surface area contributed by atoms with E-state index in [1.165, 1.54) is 19.6 Å². The summed E-state index contributed by atoms with van der Waals surface area (Å²) in [5.41, 5.74) is 6.86. The molecule has 1 saturated carbocycles. The lowest BCUT2D eigenvalue weighted by atomic mass is 9.91. The van der Waals surface area contributed by atoms with Crippen molar-refractivity contribution in [3.8, 4) is 5.75 Å². The first-order chi connectivity index (χ1) is 9.11. The molecule has 104 valence electrons. The molecule has 1 aliphatic carbocycles. The second-order valence-corrected chi connectivity index (χ2v) is 4.84. The number of rotatable bonds is 4. The van der Waals surface area contributed by atoms with Crippen LogP contribution in [0.15, 0.2) is 18.2 Å². The van der Waals surface area contributed by atoms with Gasteiger partial charge >= 0.3 is 5.69 Å². The van der Waals surface area contributed by atoms with Gasteiger partial charge in [0.2, 0.25) is 0 Å². The van der Waals surface area contributed by atoms with Crippen molar-refractivity contribution in [1.29, 1.82) is 0 Å². The number of nitrogens with zero attached hydrogens (tertiary/aromatic N) is 1. The molecule has 19 heavy (non-hydrogen) atoms. The van der Waals surface area contributed by atoms with E-state index in [4.69, 9.17) is 10.5 Å². The Bertz CT molecular complexity index is 464. The van der Waals surface area contributed by atoms with Gasteiger partial charge in [0, 0.05) is 29.9 Å². The van der Waals surface area contributed by atoms with Gasteiger partial charge in [-0.05, 0) is 18.9 Å². The fourth-order valence-electron chi connectivity index (χ4n) is 2.47. The fraction of sp³-hybridized carbons (Fsp3) is 0.538. The standard InChI is InChI=1S/C13H19N3O3/c1-19-13-8-9(6-7-12(13)16(17)18)15-11-5-3-2-4-10(11)14/h6-8,10-11,15H,2-5,14H2,1H3. The molecule has 0 spiro atoms. The zero-order valence-electron chi connectivity index (χ0n) is 11.0. The van der Waals surface area contributed by atoms with Crippen LogP contribution in [0.4, 0.5) is 11.4 Å². The second-order valence-electron chi connectivity index (χ2n) is 4.84. The lowest BCUT2D eigenvalue weighted by Crippen LogP contribution is -2.42. The lowest BCUT2D eigenvalue weighted by molar-refractivity contribution is -0.385. The highest BCUT2D eigenvalue weighted by atomic mass is 16.6. The molecule has 2 unspecified atom stereocenters. The van der Waals surface area contributed by atoms with Crippen LogP contribution < -0.4 is 15.8 Å². The van der Waals surface area contributed by atoms with Crippen molar-refractivity contribution in [2.45, 2.75) is 37.8 Å². The third kappa shape index (κ3) is 3.14. The van der Waals surface area contributed by atoms with Crippen LogP contribution in [0.3, 0.4) is 0 Å². The number of hydrogen-bond donors (Lipinski definition) is 2. The highest BCUT2D eigenvalue weighted by molar-refractivity contribution is 5.58. The van der Waals surface area contributed by atoms with E-state index in [1.807, 2.05) is 0 Å². The summed E-state index contributed by atoms with van der Waals surface area (Å²) in [6.45, 7) is 0. The average Bonchev–Trinajstić information content (AvgIpc) is 2.41. The molecule has 1 aliphatic rings. The second kappa shape index (κ2) is 5.88. The monoisotopic (exact) mass is 265 g/mol. The molecule has 0 bridgehead atoms. The molecule has 3 N–H and O–H groups in total. The molecule has 1 aromatic rings. The van der Waals surface area contributed by atoms with Crippen LogP contribution in [-0.2, 0) is 0 Å². The Morgan fingerprint density at radius 1 is 1.42 bits per heavy atom. The van der Waals surface area contributed by atoms with E-state index in [-0.39, 0.29) is 23.5 Å². The Kier molecular flexibility index (Phi) is 4.21. The number of nitro groups is 1. The van der Waals surface area contributed by atoms with Crippen molar-refractivity contribution in [2.24, 2.45) is 5.73 Å². The van der Waals surface area contributed by atoms with Gasteiger partial charge in [0.25, 0.3) is 0 Å². The maximum atomic E-state index is 10.8. The van der Waals surface area contributed by atoms with Crippen LogP contribution in [0.2, 0.25) is 0 Å². The van der Waals surface area contributed by atoms with Crippen LogP contribution in [0.1, 0.15) is 25.7 Å². The van der Waals surface area contributed by atoms with Crippen LogP contribution in [0.25, 0.3) is 0 Å². The molecule has 6 heteroatoms. The maximum Gasteiger partial charge on any atom is 0.311 e. The Labute approximate surface area is 112 Å². The van der Waals surface area contributed by atoms with Gasteiger partial charge in [-0.15, -0.1) is 0 Å². The zero-order valence-corrected chi connectivity index (χ0v) is 11.0. The normalized spacial score (nSPS) is 22.8. The summed E-state index contributed by atoms with van der Waals surface area (Å²) in [4.78, 5) is 10.4. The average molecular weight is 265 g/mol. The quantitative estimate of drug-likeness (QED) is 0.644. The third-order valence-corrected chi connectivity index (χ3v) is 3.55. The molecule has 0 saturated heterocycles. The molecule has 0 radical (unpaired) electrons. The van der Waals surface area contributed by atoms with Crippen molar-refractivity contribution < 1.29 is 9.66 Å². The molecule has 2 atom stereocenters. The van der Waals surface area contributed by atoms with E-state index < -0.39 is 4.92 Å². The van der Waals surface area contributed by atoms with Crippen LogP contribution in [0, 0.1) is 10.1 Å². The first-order valence-electron chi connectivity index (χ1n) is 6.46. The van der Waals surface area contributed by atoms with Gasteiger partial charge in [-0.2, -0.15) is 0 Å². The summed E-state index contributed by atoms with van der Waals surface area (Å²) in [6, 6.07) is 5.16. The van der Waals surface area contributed by atoms with Crippen LogP contribution in [-0.4, -0.2) is 24.1 Å². The number of benzene rings is 1. The summed E-state index contributed by atoms with van der Waals surface area (Å²) >= 11 is 0. The Balaban J connectivity index is 2.14. The van der Waals surface area contributed by atoms with Crippen molar-refractivity contribution in [2.75, 3.05) is 12.4 Å². The Morgan fingerprint density at radius 3 is 2.79 bits per heavy atom. The number of anilines is 1. The van der Waals surface area contributed by atoms with E-state index in [1.54, 1.807) is 12.1 Å². The van der Waals surface area contributed by atoms with Crippen molar-refractivity contribution in [3.63, 3.8) is 0 Å². The summed E-state index contributed by atoms with van der Waals surface area (Å²) in [5.74, 6) is 0.263. The van der Waals surface area contributed by atoms with Gasteiger partial charge < -0.3 is 15.8 Å². The molecule has 0 aliphatic heterocycles. The van der Waals surface area contributed by atoms with Gasteiger partial charge in [-0.25, -0.2) is 0 Å². The summed E-state index contributed by atoms with van der Waals surface area (Å²) in [5, 5.41) is 14.2. The smallest absolute Gasteiger partial charge is 0.311 e. The topological polar surface area (TPSA) is 90.4 Å². The van der Waals surface area contributed by atoms with Gasteiger partial charge in [-0.3, -0.25) is 10.1 Å². The predicted octanol–water partition coefficient (Wildman–Crippen LogP) is 2.29. The first-order valence-corrected chi connectivity index (χ1v) is 6.46. The molecule has 6 nitrogen and oxygen atoms in total. The van der Waals surface area contributed by atoms with Gasteiger partial charge in [-0.1, -0.05) is 12.8 Å². The van der Waals surface area contributed by atoms with E-state index in [2.05, 4.69) is 5.32 Å². The third-order valence-electron chi connectivity index (χ3n) is 3.55. The van der Waals surface area contributed by atoms with Gasteiger partial charge in [0.15, 0.2) is 5.75 Å². The molecular weight excluding hydrogens is 246 g/mol. The molecule has 0 heterocycles.